The lowest BCUT2D eigenvalue weighted by Gasteiger charge is -2.33. The number of rotatable bonds is 3. The summed E-state index contributed by atoms with van der Waals surface area (Å²) in [5.41, 5.74) is 0.852. The molecule has 3 rings (SSSR count). The lowest BCUT2D eigenvalue weighted by Crippen LogP contribution is -2.37. The largest absolute Gasteiger partial charge is 0.478 e. The highest BCUT2D eigenvalue weighted by Gasteiger charge is 2.22. The molecule has 21 heavy (non-hydrogen) atoms. The molecule has 110 valence electrons. The monoisotopic (exact) mass is 287 g/mol. The molecule has 1 aromatic heterocycles. The molecule has 2 heterocycles. The van der Waals surface area contributed by atoms with Crippen LogP contribution >= 0.6 is 0 Å². The number of hydrogen-bond donors (Lipinski definition) is 2. The molecule has 1 aromatic carbocycles. The molecule has 6 heteroatoms. The predicted octanol–water partition coefficient (Wildman–Crippen LogP) is 1.54. The zero-order valence-corrected chi connectivity index (χ0v) is 11.6. The summed E-state index contributed by atoms with van der Waals surface area (Å²) in [5.74, 6) is 0.118. The van der Waals surface area contributed by atoms with Gasteiger partial charge < -0.3 is 15.1 Å². The summed E-state index contributed by atoms with van der Waals surface area (Å²) in [6.45, 7) is 1.84. The summed E-state index contributed by atoms with van der Waals surface area (Å²) in [6, 6.07) is 4.90. The van der Waals surface area contributed by atoms with Crippen LogP contribution in [0.3, 0.4) is 0 Å². The molecule has 0 bridgehead atoms. The van der Waals surface area contributed by atoms with Gasteiger partial charge in [-0.2, -0.15) is 0 Å². The average Bonchev–Trinajstić information content (AvgIpc) is 2.53. The van der Waals surface area contributed by atoms with Crippen LogP contribution in [0.25, 0.3) is 10.9 Å². The molecule has 1 fully saturated rings. The van der Waals surface area contributed by atoms with Crippen LogP contribution in [0.4, 0.5) is 5.82 Å². The highest BCUT2D eigenvalue weighted by Crippen LogP contribution is 2.27. The molecule has 1 aliphatic heterocycles. The first kappa shape index (κ1) is 13.8. The number of aliphatic hydroxyl groups excluding tert-OH is 1. The summed E-state index contributed by atoms with van der Waals surface area (Å²) < 4.78 is 0. The third kappa shape index (κ3) is 2.67. The van der Waals surface area contributed by atoms with E-state index in [1.54, 1.807) is 18.2 Å². The topological polar surface area (TPSA) is 86.5 Å². The molecular formula is C15H17N3O3. The quantitative estimate of drug-likeness (QED) is 0.890. The highest BCUT2D eigenvalue weighted by molar-refractivity contribution is 5.96. The maximum atomic E-state index is 11.0. The van der Waals surface area contributed by atoms with Gasteiger partial charge in [0, 0.05) is 25.1 Å². The second-order valence-corrected chi connectivity index (χ2v) is 5.37. The molecule has 1 aliphatic rings. The van der Waals surface area contributed by atoms with E-state index in [4.69, 9.17) is 5.11 Å². The van der Waals surface area contributed by atoms with Crippen LogP contribution in [0.2, 0.25) is 0 Å². The van der Waals surface area contributed by atoms with E-state index in [1.807, 2.05) is 0 Å². The van der Waals surface area contributed by atoms with Crippen LogP contribution in [0.1, 0.15) is 23.2 Å². The Morgan fingerprint density at radius 3 is 3.00 bits per heavy atom. The van der Waals surface area contributed by atoms with E-state index in [2.05, 4.69) is 14.9 Å². The number of aromatic nitrogens is 2. The van der Waals surface area contributed by atoms with Gasteiger partial charge in [-0.3, -0.25) is 0 Å². The average molecular weight is 287 g/mol. The van der Waals surface area contributed by atoms with Crippen molar-refractivity contribution >= 4 is 22.7 Å². The van der Waals surface area contributed by atoms with Gasteiger partial charge in [-0.15, -0.1) is 0 Å². The van der Waals surface area contributed by atoms with E-state index in [1.165, 1.54) is 6.33 Å². The minimum atomic E-state index is -0.963. The molecular weight excluding hydrogens is 270 g/mol. The van der Waals surface area contributed by atoms with Crippen LogP contribution < -0.4 is 4.90 Å². The second-order valence-electron chi connectivity index (χ2n) is 5.37. The maximum Gasteiger partial charge on any atom is 0.335 e. The Morgan fingerprint density at radius 1 is 1.38 bits per heavy atom. The Balaban J connectivity index is 2.00. The number of anilines is 1. The Kier molecular flexibility index (Phi) is 3.70. The van der Waals surface area contributed by atoms with Crippen molar-refractivity contribution in [1.29, 1.82) is 0 Å². The second kappa shape index (κ2) is 5.65. The fraction of sp³-hybridized carbons (Fsp3) is 0.400. The van der Waals surface area contributed by atoms with Crippen molar-refractivity contribution in [1.82, 2.24) is 9.97 Å². The lowest BCUT2D eigenvalue weighted by atomic mass is 9.98. The number of carbonyl (C=O) groups is 1. The maximum absolute atomic E-state index is 11.0. The van der Waals surface area contributed by atoms with Crippen LogP contribution in [-0.2, 0) is 0 Å². The smallest absolute Gasteiger partial charge is 0.335 e. The molecule has 1 atom stereocenters. The van der Waals surface area contributed by atoms with Crippen LogP contribution in [-0.4, -0.2) is 45.8 Å². The summed E-state index contributed by atoms with van der Waals surface area (Å²) >= 11 is 0. The zero-order valence-electron chi connectivity index (χ0n) is 11.6. The van der Waals surface area contributed by atoms with Gasteiger partial charge in [0.2, 0.25) is 0 Å². The zero-order chi connectivity index (χ0) is 14.8. The summed E-state index contributed by atoms with van der Waals surface area (Å²) in [5, 5.41) is 19.2. The van der Waals surface area contributed by atoms with Crippen molar-refractivity contribution < 1.29 is 15.0 Å². The van der Waals surface area contributed by atoms with Crippen molar-refractivity contribution in [3.05, 3.63) is 30.1 Å². The van der Waals surface area contributed by atoms with Gasteiger partial charge in [-0.25, -0.2) is 14.8 Å². The normalized spacial score (nSPS) is 18.9. The van der Waals surface area contributed by atoms with Gasteiger partial charge in [0.15, 0.2) is 0 Å². The summed E-state index contributed by atoms with van der Waals surface area (Å²) in [7, 11) is 0. The Morgan fingerprint density at radius 2 is 2.24 bits per heavy atom. The number of fused-ring (bicyclic) bond motifs is 1. The van der Waals surface area contributed by atoms with Crippen molar-refractivity contribution in [2.75, 3.05) is 24.6 Å². The summed E-state index contributed by atoms with van der Waals surface area (Å²) in [4.78, 5) is 21.7. The third-order valence-electron chi connectivity index (χ3n) is 3.94. The number of benzene rings is 1. The van der Waals surface area contributed by atoms with Crippen molar-refractivity contribution in [3.63, 3.8) is 0 Å². The van der Waals surface area contributed by atoms with Gasteiger partial charge in [0.05, 0.1) is 11.1 Å². The lowest BCUT2D eigenvalue weighted by molar-refractivity contribution is 0.0697. The number of nitrogens with zero attached hydrogens (tertiary/aromatic N) is 3. The van der Waals surface area contributed by atoms with Crippen LogP contribution in [0.5, 0.6) is 0 Å². The molecule has 0 aliphatic carbocycles. The Bertz CT molecular complexity index is 674. The van der Waals surface area contributed by atoms with Gasteiger partial charge in [0.1, 0.15) is 12.1 Å². The molecule has 0 radical (unpaired) electrons. The predicted molar refractivity (Wildman–Crippen MR) is 78.5 cm³/mol. The van der Waals surface area contributed by atoms with E-state index in [0.717, 1.165) is 37.1 Å². The van der Waals surface area contributed by atoms with E-state index in [-0.39, 0.29) is 18.1 Å². The fourth-order valence-corrected chi connectivity index (χ4v) is 2.83. The number of piperidine rings is 1. The van der Waals surface area contributed by atoms with Crippen LogP contribution in [0, 0.1) is 5.92 Å². The van der Waals surface area contributed by atoms with Crippen molar-refractivity contribution in [3.8, 4) is 0 Å². The first-order chi connectivity index (χ1) is 10.2. The Hall–Kier alpha value is -2.21. The molecule has 0 amide bonds. The molecule has 2 N–H and O–H groups in total. The minimum absolute atomic E-state index is 0.183. The standard InChI is InChI=1S/C15H17N3O3/c19-8-10-2-1-5-18(7-10)14-12-4-3-11(15(20)21)6-13(12)16-9-17-14/h3-4,6,9-10,19H,1-2,5,7-8H2,(H,20,21). The van der Waals surface area contributed by atoms with E-state index in [0.29, 0.717) is 5.52 Å². The van der Waals surface area contributed by atoms with Gasteiger partial charge in [-0.1, -0.05) is 0 Å². The molecule has 0 spiro atoms. The molecule has 6 nitrogen and oxygen atoms in total. The third-order valence-corrected chi connectivity index (χ3v) is 3.94. The van der Waals surface area contributed by atoms with Crippen molar-refractivity contribution in [2.24, 2.45) is 5.92 Å². The molecule has 1 unspecified atom stereocenters. The van der Waals surface area contributed by atoms with Gasteiger partial charge in [0.25, 0.3) is 0 Å². The number of aliphatic hydroxyl groups is 1. The number of aromatic carboxylic acids is 1. The van der Waals surface area contributed by atoms with E-state index < -0.39 is 5.97 Å². The first-order valence-electron chi connectivity index (χ1n) is 7.03. The van der Waals surface area contributed by atoms with Gasteiger partial charge >= 0.3 is 5.97 Å². The number of hydrogen-bond acceptors (Lipinski definition) is 5. The van der Waals surface area contributed by atoms with E-state index in [9.17, 15) is 9.90 Å². The highest BCUT2D eigenvalue weighted by atomic mass is 16.4. The van der Waals surface area contributed by atoms with Crippen LogP contribution in [0.15, 0.2) is 24.5 Å². The fourth-order valence-electron chi connectivity index (χ4n) is 2.83. The number of carboxylic acids is 1. The molecule has 0 saturated carbocycles. The SMILES string of the molecule is O=C(O)c1ccc2c(N3CCCC(CO)C3)ncnc2c1. The van der Waals surface area contributed by atoms with Gasteiger partial charge in [-0.05, 0) is 37.0 Å². The first-order valence-corrected chi connectivity index (χ1v) is 7.03. The molecule has 2 aromatic rings. The van der Waals surface area contributed by atoms with Crippen molar-refractivity contribution in [2.45, 2.75) is 12.8 Å². The van der Waals surface area contributed by atoms with E-state index >= 15 is 0 Å². The Labute approximate surface area is 122 Å². The number of carboxylic acid groups (broad SMARTS) is 1. The minimum Gasteiger partial charge on any atom is -0.478 e. The summed E-state index contributed by atoms with van der Waals surface area (Å²) in [6.07, 6.45) is 3.51. The molecule has 1 saturated heterocycles.